The van der Waals surface area contributed by atoms with Crippen LogP contribution in [0.5, 0.6) is 0 Å². The van der Waals surface area contributed by atoms with E-state index in [9.17, 15) is 19.5 Å². The van der Waals surface area contributed by atoms with Gasteiger partial charge in [0.05, 0.1) is 25.5 Å². The van der Waals surface area contributed by atoms with Gasteiger partial charge in [-0.3, -0.25) is 9.59 Å². The molecule has 1 fully saturated rings. The van der Waals surface area contributed by atoms with Crippen molar-refractivity contribution in [3.05, 3.63) is 0 Å². The monoisotopic (exact) mass is 259 g/mol. The van der Waals surface area contributed by atoms with Gasteiger partial charge in [-0.25, -0.2) is 4.79 Å². The van der Waals surface area contributed by atoms with Crippen LogP contribution in [0.1, 0.15) is 13.8 Å². The van der Waals surface area contributed by atoms with Crippen LogP contribution in [-0.4, -0.2) is 47.8 Å². The molecule has 102 valence electrons. The van der Waals surface area contributed by atoms with Crippen molar-refractivity contribution in [3.8, 4) is 0 Å². The molecule has 0 heterocycles. The normalized spacial score (nSPS) is 26.0. The third-order valence-corrected chi connectivity index (χ3v) is 3.32. The maximum Gasteiger partial charge on any atom is 0.336 e. The summed E-state index contributed by atoms with van der Waals surface area (Å²) in [6, 6.07) is 0. The number of carbonyl (C=O) groups excluding carboxylic acids is 2. The summed E-state index contributed by atoms with van der Waals surface area (Å²) < 4.78 is 4.29. The number of carbonyl (C=O) groups is 3. The van der Waals surface area contributed by atoms with Gasteiger partial charge in [0.2, 0.25) is 5.91 Å². The number of hydrogen-bond acceptors (Lipinski definition) is 5. The number of rotatable bonds is 5. The van der Waals surface area contributed by atoms with Gasteiger partial charge in [-0.2, -0.15) is 0 Å². The Labute approximate surface area is 104 Å². The van der Waals surface area contributed by atoms with Gasteiger partial charge in [0.25, 0.3) is 0 Å². The first-order chi connectivity index (χ1) is 8.23. The minimum atomic E-state index is -1.44. The fourth-order valence-electron chi connectivity index (χ4n) is 2.11. The van der Waals surface area contributed by atoms with Crippen molar-refractivity contribution in [2.45, 2.75) is 20.0 Å². The van der Waals surface area contributed by atoms with Crippen LogP contribution in [0.25, 0.3) is 0 Å². The molecule has 0 aliphatic heterocycles. The number of carboxylic acid groups (broad SMARTS) is 1. The SMILES string of the molecule is COC(=O)C(O)CNC(=O)C1C(C(=O)O)C1(C)C. The molecule has 1 aliphatic rings. The Hall–Kier alpha value is -1.63. The van der Waals surface area contributed by atoms with Gasteiger partial charge < -0.3 is 20.3 Å². The highest BCUT2D eigenvalue weighted by molar-refractivity contribution is 5.91. The molecule has 0 aromatic carbocycles. The van der Waals surface area contributed by atoms with E-state index in [2.05, 4.69) is 10.1 Å². The number of carboxylic acids is 1. The second-order valence-corrected chi connectivity index (χ2v) is 4.90. The van der Waals surface area contributed by atoms with E-state index in [4.69, 9.17) is 5.11 Å². The molecule has 3 atom stereocenters. The zero-order chi connectivity index (χ0) is 14.1. The molecular weight excluding hydrogens is 242 g/mol. The summed E-state index contributed by atoms with van der Waals surface area (Å²) in [5, 5.41) is 20.5. The maximum atomic E-state index is 11.7. The number of aliphatic hydroxyl groups is 1. The smallest absolute Gasteiger partial charge is 0.336 e. The van der Waals surface area contributed by atoms with Gasteiger partial charge in [-0.05, 0) is 5.41 Å². The lowest BCUT2D eigenvalue weighted by Crippen LogP contribution is -2.38. The molecule has 1 aliphatic carbocycles. The lowest BCUT2D eigenvalue weighted by atomic mass is 10.1. The fourth-order valence-corrected chi connectivity index (χ4v) is 2.11. The average Bonchev–Trinajstić information content (AvgIpc) is 2.87. The lowest BCUT2D eigenvalue weighted by Gasteiger charge is -2.10. The number of methoxy groups -OCH3 is 1. The van der Waals surface area contributed by atoms with E-state index >= 15 is 0 Å². The van der Waals surface area contributed by atoms with Gasteiger partial charge in [0.1, 0.15) is 0 Å². The van der Waals surface area contributed by atoms with Crippen molar-refractivity contribution in [2.75, 3.05) is 13.7 Å². The summed E-state index contributed by atoms with van der Waals surface area (Å²) in [4.78, 5) is 33.5. The van der Waals surface area contributed by atoms with Crippen LogP contribution in [0.2, 0.25) is 0 Å². The van der Waals surface area contributed by atoms with Gasteiger partial charge in [0.15, 0.2) is 6.10 Å². The molecule has 7 nitrogen and oxygen atoms in total. The predicted octanol–water partition coefficient (Wildman–Crippen LogP) is -1.01. The first kappa shape index (κ1) is 14.4. The number of hydrogen-bond donors (Lipinski definition) is 3. The van der Waals surface area contributed by atoms with Gasteiger partial charge in [-0.1, -0.05) is 13.8 Å². The van der Waals surface area contributed by atoms with Gasteiger partial charge in [0, 0.05) is 0 Å². The summed E-state index contributed by atoms with van der Waals surface area (Å²) in [7, 11) is 1.12. The van der Waals surface area contributed by atoms with Gasteiger partial charge >= 0.3 is 11.9 Å². The van der Waals surface area contributed by atoms with Crippen LogP contribution in [-0.2, 0) is 19.1 Å². The first-order valence-electron chi connectivity index (χ1n) is 5.50. The van der Waals surface area contributed by atoms with Crippen molar-refractivity contribution >= 4 is 17.8 Å². The predicted molar refractivity (Wildman–Crippen MR) is 59.4 cm³/mol. The molecule has 18 heavy (non-hydrogen) atoms. The number of ether oxygens (including phenoxy) is 1. The molecule has 0 radical (unpaired) electrons. The number of nitrogens with one attached hydrogen (secondary N) is 1. The van der Waals surface area contributed by atoms with E-state index < -0.39 is 41.2 Å². The summed E-state index contributed by atoms with van der Waals surface area (Å²) in [6.45, 7) is 3.09. The Bertz CT molecular complexity index is 378. The molecule has 3 N–H and O–H groups in total. The molecule has 7 heteroatoms. The summed E-state index contributed by atoms with van der Waals surface area (Å²) in [5.74, 6) is -3.71. The molecule has 0 aromatic heterocycles. The number of esters is 1. The third kappa shape index (κ3) is 2.61. The number of aliphatic carboxylic acids is 1. The Kier molecular flexibility index (Phi) is 3.95. The number of amides is 1. The van der Waals surface area contributed by atoms with Gasteiger partial charge in [-0.15, -0.1) is 0 Å². The van der Waals surface area contributed by atoms with Crippen molar-refractivity contribution < 1.29 is 29.3 Å². The molecule has 0 aromatic rings. The van der Waals surface area contributed by atoms with E-state index in [0.29, 0.717) is 0 Å². The highest BCUT2D eigenvalue weighted by atomic mass is 16.5. The second kappa shape index (κ2) is 4.93. The summed E-state index contributed by atoms with van der Waals surface area (Å²) in [6.07, 6.45) is -1.44. The van der Waals surface area contributed by atoms with E-state index in [-0.39, 0.29) is 6.54 Å². The van der Waals surface area contributed by atoms with E-state index in [1.54, 1.807) is 13.8 Å². The van der Waals surface area contributed by atoms with Crippen LogP contribution in [0.15, 0.2) is 0 Å². The molecule has 3 unspecified atom stereocenters. The molecule has 1 amide bonds. The Morgan fingerprint density at radius 1 is 1.33 bits per heavy atom. The largest absolute Gasteiger partial charge is 0.481 e. The second-order valence-electron chi connectivity index (χ2n) is 4.90. The zero-order valence-corrected chi connectivity index (χ0v) is 10.5. The minimum Gasteiger partial charge on any atom is -0.481 e. The average molecular weight is 259 g/mol. The third-order valence-electron chi connectivity index (χ3n) is 3.32. The standard InChI is InChI=1S/C11H17NO6/c1-11(2)6(7(11)9(15)16)8(14)12-4-5(13)10(17)18-3/h5-7,13H,4H2,1-3H3,(H,12,14)(H,15,16). The fraction of sp³-hybridized carbons (Fsp3) is 0.727. The van der Waals surface area contributed by atoms with Crippen LogP contribution in [0, 0.1) is 17.3 Å². The maximum absolute atomic E-state index is 11.7. The lowest BCUT2D eigenvalue weighted by molar-refractivity contribution is -0.150. The molecule has 1 rings (SSSR count). The number of aliphatic hydroxyl groups excluding tert-OH is 1. The topological polar surface area (TPSA) is 113 Å². The van der Waals surface area contributed by atoms with Crippen molar-refractivity contribution in [1.82, 2.24) is 5.32 Å². The van der Waals surface area contributed by atoms with Crippen LogP contribution in [0.3, 0.4) is 0 Å². The van der Waals surface area contributed by atoms with Crippen molar-refractivity contribution in [2.24, 2.45) is 17.3 Å². The molecule has 1 saturated carbocycles. The van der Waals surface area contributed by atoms with Crippen LogP contribution < -0.4 is 5.32 Å². The quantitative estimate of drug-likeness (QED) is 0.545. The van der Waals surface area contributed by atoms with E-state index in [1.165, 1.54) is 0 Å². The molecule has 0 bridgehead atoms. The van der Waals surface area contributed by atoms with Crippen molar-refractivity contribution in [1.29, 1.82) is 0 Å². The Morgan fingerprint density at radius 2 is 1.89 bits per heavy atom. The van der Waals surface area contributed by atoms with E-state index in [1.807, 2.05) is 0 Å². The first-order valence-corrected chi connectivity index (χ1v) is 5.50. The van der Waals surface area contributed by atoms with Crippen molar-refractivity contribution in [3.63, 3.8) is 0 Å². The highest BCUT2D eigenvalue weighted by Gasteiger charge is 2.65. The van der Waals surface area contributed by atoms with Crippen LogP contribution >= 0.6 is 0 Å². The molecule has 0 spiro atoms. The van der Waals surface area contributed by atoms with Crippen LogP contribution in [0.4, 0.5) is 0 Å². The zero-order valence-electron chi connectivity index (χ0n) is 10.5. The highest BCUT2D eigenvalue weighted by Crippen LogP contribution is 2.58. The minimum absolute atomic E-state index is 0.287. The molecule has 0 saturated heterocycles. The molecular formula is C11H17NO6. The summed E-state index contributed by atoms with van der Waals surface area (Å²) >= 11 is 0. The summed E-state index contributed by atoms with van der Waals surface area (Å²) in [5.41, 5.74) is -0.605. The Balaban J connectivity index is 2.49. The van der Waals surface area contributed by atoms with E-state index in [0.717, 1.165) is 7.11 Å². The Morgan fingerprint density at radius 3 is 2.28 bits per heavy atom.